The molecular formula is C14H18N2O. The SMILES string of the molecule is Cc1cc(NC2CCOC(C)C2)ccc1C#N. The summed E-state index contributed by atoms with van der Waals surface area (Å²) in [6.07, 6.45) is 2.42. The maximum atomic E-state index is 8.88. The van der Waals surface area contributed by atoms with Crippen molar-refractivity contribution in [3.05, 3.63) is 29.3 Å². The number of benzene rings is 1. The Balaban J connectivity index is 2.04. The molecule has 1 N–H and O–H groups in total. The Morgan fingerprint density at radius 2 is 2.29 bits per heavy atom. The summed E-state index contributed by atoms with van der Waals surface area (Å²) >= 11 is 0. The van der Waals surface area contributed by atoms with Gasteiger partial charge in [0, 0.05) is 18.3 Å². The van der Waals surface area contributed by atoms with Crippen LogP contribution in [0.5, 0.6) is 0 Å². The fourth-order valence-corrected chi connectivity index (χ4v) is 2.24. The van der Waals surface area contributed by atoms with Crippen LogP contribution in [0.1, 0.15) is 30.9 Å². The van der Waals surface area contributed by atoms with E-state index in [9.17, 15) is 0 Å². The summed E-state index contributed by atoms with van der Waals surface area (Å²) in [7, 11) is 0. The summed E-state index contributed by atoms with van der Waals surface area (Å²) < 4.78 is 5.52. The number of aryl methyl sites for hydroxylation is 1. The second-order valence-electron chi connectivity index (χ2n) is 4.69. The van der Waals surface area contributed by atoms with Gasteiger partial charge in [-0.25, -0.2) is 0 Å². The fraction of sp³-hybridized carbons (Fsp3) is 0.500. The van der Waals surface area contributed by atoms with Crippen molar-refractivity contribution >= 4 is 5.69 Å². The number of ether oxygens (including phenoxy) is 1. The van der Waals surface area contributed by atoms with Gasteiger partial charge in [-0.15, -0.1) is 0 Å². The smallest absolute Gasteiger partial charge is 0.0994 e. The van der Waals surface area contributed by atoms with E-state index < -0.39 is 0 Å². The largest absolute Gasteiger partial charge is 0.382 e. The van der Waals surface area contributed by atoms with Crippen LogP contribution in [0.25, 0.3) is 0 Å². The van der Waals surface area contributed by atoms with E-state index in [4.69, 9.17) is 10.00 Å². The lowest BCUT2D eigenvalue weighted by atomic mass is 10.0. The summed E-state index contributed by atoms with van der Waals surface area (Å²) in [5.74, 6) is 0. The number of nitriles is 1. The van der Waals surface area contributed by atoms with E-state index in [1.165, 1.54) is 0 Å². The van der Waals surface area contributed by atoms with Crippen LogP contribution < -0.4 is 5.32 Å². The lowest BCUT2D eigenvalue weighted by molar-refractivity contribution is 0.0232. The van der Waals surface area contributed by atoms with E-state index in [2.05, 4.69) is 18.3 Å². The van der Waals surface area contributed by atoms with Gasteiger partial charge in [0.25, 0.3) is 0 Å². The zero-order chi connectivity index (χ0) is 12.3. The molecule has 90 valence electrons. The Kier molecular flexibility index (Phi) is 3.65. The highest BCUT2D eigenvalue weighted by molar-refractivity contribution is 5.52. The third-order valence-electron chi connectivity index (χ3n) is 3.20. The molecule has 1 aromatic rings. The number of nitrogens with zero attached hydrogens (tertiary/aromatic N) is 1. The molecule has 0 amide bonds. The number of anilines is 1. The van der Waals surface area contributed by atoms with Gasteiger partial charge in [0.05, 0.1) is 17.7 Å². The minimum atomic E-state index is 0.334. The number of hydrogen-bond acceptors (Lipinski definition) is 3. The molecule has 0 bridgehead atoms. The first-order valence-electron chi connectivity index (χ1n) is 6.08. The van der Waals surface area contributed by atoms with Crippen molar-refractivity contribution in [1.82, 2.24) is 0 Å². The molecule has 1 fully saturated rings. The average Bonchev–Trinajstić information content (AvgIpc) is 2.29. The molecule has 0 aromatic heterocycles. The summed E-state index contributed by atoms with van der Waals surface area (Å²) in [4.78, 5) is 0. The predicted molar refractivity (Wildman–Crippen MR) is 68.0 cm³/mol. The van der Waals surface area contributed by atoms with Crippen molar-refractivity contribution in [2.75, 3.05) is 11.9 Å². The van der Waals surface area contributed by atoms with E-state index in [0.29, 0.717) is 12.1 Å². The van der Waals surface area contributed by atoms with E-state index in [-0.39, 0.29) is 0 Å². The maximum Gasteiger partial charge on any atom is 0.0994 e. The second kappa shape index (κ2) is 5.20. The molecule has 0 radical (unpaired) electrons. The molecule has 17 heavy (non-hydrogen) atoms. The Morgan fingerprint density at radius 1 is 1.47 bits per heavy atom. The van der Waals surface area contributed by atoms with Crippen LogP contribution in [0.2, 0.25) is 0 Å². The Bertz CT molecular complexity index is 436. The van der Waals surface area contributed by atoms with Crippen LogP contribution in [0.4, 0.5) is 5.69 Å². The molecule has 0 aliphatic carbocycles. The highest BCUT2D eigenvalue weighted by Crippen LogP contribution is 2.20. The molecule has 2 atom stereocenters. The van der Waals surface area contributed by atoms with Crippen LogP contribution in [0.3, 0.4) is 0 Å². The van der Waals surface area contributed by atoms with Gasteiger partial charge < -0.3 is 10.1 Å². The summed E-state index contributed by atoms with van der Waals surface area (Å²) in [6.45, 7) is 4.91. The number of hydrogen-bond donors (Lipinski definition) is 1. The predicted octanol–water partition coefficient (Wildman–Crippen LogP) is 2.85. The Labute approximate surface area is 102 Å². The number of nitrogens with one attached hydrogen (secondary N) is 1. The molecule has 2 unspecified atom stereocenters. The average molecular weight is 230 g/mol. The Hall–Kier alpha value is -1.53. The first kappa shape index (κ1) is 11.9. The summed E-state index contributed by atoms with van der Waals surface area (Å²) in [6, 6.07) is 8.56. The minimum absolute atomic E-state index is 0.334. The molecule has 2 rings (SSSR count). The zero-order valence-corrected chi connectivity index (χ0v) is 10.4. The van der Waals surface area contributed by atoms with Gasteiger partial charge in [-0.2, -0.15) is 5.26 Å². The molecule has 1 aliphatic rings. The lowest BCUT2D eigenvalue weighted by Gasteiger charge is -2.28. The van der Waals surface area contributed by atoms with E-state index in [1.54, 1.807) is 0 Å². The first-order valence-corrected chi connectivity index (χ1v) is 6.08. The van der Waals surface area contributed by atoms with Crippen LogP contribution in [-0.2, 0) is 4.74 Å². The molecule has 1 aliphatic heterocycles. The molecule has 3 heteroatoms. The van der Waals surface area contributed by atoms with Crippen molar-refractivity contribution in [1.29, 1.82) is 5.26 Å². The van der Waals surface area contributed by atoms with Gasteiger partial charge in [-0.3, -0.25) is 0 Å². The van der Waals surface area contributed by atoms with Gasteiger partial charge in [0.2, 0.25) is 0 Å². The molecule has 1 aromatic carbocycles. The molecule has 1 saturated heterocycles. The van der Waals surface area contributed by atoms with Gasteiger partial charge >= 0.3 is 0 Å². The van der Waals surface area contributed by atoms with Gasteiger partial charge in [0.15, 0.2) is 0 Å². The molecule has 0 spiro atoms. The van der Waals surface area contributed by atoms with Crippen LogP contribution in [0.15, 0.2) is 18.2 Å². The van der Waals surface area contributed by atoms with E-state index >= 15 is 0 Å². The van der Waals surface area contributed by atoms with Crippen molar-refractivity contribution in [3.8, 4) is 6.07 Å². The van der Waals surface area contributed by atoms with Crippen molar-refractivity contribution < 1.29 is 4.74 Å². The lowest BCUT2D eigenvalue weighted by Crippen LogP contribution is -2.32. The normalized spacial score (nSPS) is 24.1. The second-order valence-corrected chi connectivity index (χ2v) is 4.69. The third-order valence-corrected chi connectivity index (χ3v) is 3.20. The maximum absolute atomic E-state index is 8.88. The highest BCUT2D eigenvalue weighted by atomic mass is 16.5. The van der Waals surface area contributed by atoms with Crippen LogP contribution >= 0.6 is 0 Å². The van der Waals surface area contributed by atoms with Gasteiger partial charge in [-0.05, 0) is 50.5 Å². The minimum Gasteiger partial charge on any atom is -0.382 e. The quantitative estimate of drug-likeness (QED) is 0.849. The molecule has 0 saturated carbocycles. The molecular weight excluding hydrogens is 212 g/mol. The first-order chi connectivity index (χ1) is 8.19. The van der Waals surface area contributed by atoms with E-state index in [0.717, 1.165) is 36.3 Å². The zero-order valence-electron chi connectivity index (χ0n) is 10.4. The van der Waals surface area contributed by atoms with E-state index in [1.807, 2.05) is 25.1 Å². The summed E-state index contributed by atoms with van der Waals surface area (Å²) in [5, 5.41) is 12.4. The topological polar surface area (TPSA) is 45.0 Å². The van der Waals surface area contributed by atoms with Crippen LogP contribution in [0, 0.1) is 18.3 Å². The van der Waals surface area contributed by atoms with Crippen LogP contribution in [-0.4, -0.2) is 18.8 Å². The fourth-order valence-electron chi connectivity index (χ4n) is 2.24. The molecule has 1 heterocycles. The van der Waals surface area contributed by atoms with Crippen molar-refractivity contribution in [2.45, 2.75) is 38.8 Å². The third kappa shape index (κ3) is 2.98. The van der Waals surface area contributed by atoms with Crippen molar-refractivity contribution in [3.63, 3.8) is 0 Å². The standard InChI is InChI=1S/C14H18N2O/c1-10-7-13(4-3-12(10)9-15)16-14-5-6-17-11(2)8-14/h3-4,7,11,14,16H,5-6,8H2,1-2H3. The van der Waals surface area contributed by atoms with Crippen molar-refractivity contribution in [2.24, 2.45) is 0 Å². The number of rotatable bonds is 2. The van der Waals surface area contributed by atoms with Gasteiger partial charge in [-0.1, -0.05) is 0 Å². The monoisotopic (exact) mass is 230 g/mol. The Morgan fingerprint density at radius 3 is 2.94 bits per heavy atom. The molecule has 3 nitrogen and oxygen atoms in total. The summed E-state index contributed by atoms with van der Waals surface area (Å²) in [5.41, 5.74) is 2.87. The van der Waals surface area contributed by atoms with Gasteiger partial charge in [0.1, 0.15) is 0 Å². The highest BCUT2D eigenvalue weighted by Gasteiger charge is 2.18.